The van der Waals surface area contributed by atoms with Gasteiger partial charge in [0.05, 0.1) is 10.0 Å². The van der Waals surface area contributed by atoms with Gasteiger partial charge in [0.2, 0.25) is 5.91 Å². The monoisotopic (exact) mass is 590 g/mol. The van der Waals surface area contributed by atoms with Crippen LogP contribution in [0.3, 0.4) is 0 Å². The largest absolute Gasteiger partial charge is 0.484 e. The zero-order chi connectivity index (χ0) is 26.1. The minimum atomic E-state index is -0.740. The van der Waals surface area contributed by atoms with Crippen molar-refractivity contribution in [2.45, 2.75) is 39.3 Å². The fourth-order valence-corrected chi connectivity index (χ4v) is 4.26. The molecule has 0 radical (unpaired) electrons. The van der Waals surface area contributed by atoms with Gasteiger partial charge in [-0.2, -0.15) is 0 Å². The molecular formula is C28H29BrCl2N2O3. The van der Waals surface area contributed by atoms with E-state index in [1.165, 1.54) is 0 Å². The first kappa shape index (κ1) is 28.0. The first-order chi connectivity index (χ1) is 17.3. The summed E-state index contributed by atoms with van der Waals surface area (Å²) < 4.78 is 6.79. The maximum atomic E-state index is 13.6. The number of hydrogen-bond donors (Lipinski definition) is 1. The van der Waals surface area contributed by atoms with Crippen LogP contribution in [0.4, 0.5) is 0 Å². The number of nitrogens with zero attached hydrogens (tertiary/aromatic N) is 1. The minimum absolute atomic E-state index is 0.176. The number of carbonyl (C=O) groups is 2. The molecule has 3 aromatic carbocycles. The molecule has 0 heterocycles. The molecule has 0 aromatic heterocycles. The summed E-state index contributed by atoms with van der Waals surface area (Å²) in [7, 11) is 0. The van der Waals surface area contributed by atoms with Crippen LogP contribution in [-0.2, 0) is 22.6 Å². The minimum Gasteiger partial charge on any atom is -0.484 e. The van der Waals surface area contributed by atoms with Gasteiger partial charge in [-0.3, -0.25) is 9.59 Å². The molecule has 5 nitrogen and oxygen atoms in total. The molecule has 0 fully saturated rings. The normalized spacial score (nSPS) is 11.6. The Labute approximate surface area is 230 Å². The molecule has 0 saturated heterocycles. The van der Waals surface area contributed by atoms with E-state index in [0.717, 1.165) is 27.6 Å². The second kappa shape index (κ2) is 13.7. The molecule has 0 aliphatic rings. The average molecular weight is 592 g/mol. The number of benzene rings is 3. The molecule has 1 N–H and O–H groups in total. The maximum Gasteiger partial charge on any atom is 0.261 e. The van der Waals surface area contributed by atoms with Crippen molar-refractivity contribution >= 4 is 50.9 Å². The molecule has 0 aliphatic heterocycles. The summed E-state index contributed by atoms with van der Waals surface area (Å²) in [6.45, 7) is 4.42. The first-order valence-corrected chi connectivity index (χ1v) is 13.3. The second-order valence-corrected chi connectivity index (χ2v) is 10.1. The van der Waals surface area contributed by atoms with E-state index in [1.807, 2.05) is 56.3 Å². The SMILES string of the molecule is CCCNC(=O)[C@H](Cc1ccccc1)N(Cc1ccc(Cl)c(Cl)c1)C(=O)COc1ccc(Br)c(C)c1. The van der Waals surface area contributed by atoms with Crippen LogP contribution in [0.25, 0.3) is 0 Å². The van der Waals surface area contributed by atoms with Crippen LogP contribution in [0, 0.1) is 6.92 Å². The van der Waals surface area contributed by atoms with Gasteiger partial charge in [0.25, 0.3) is 5.91 Å². The van der Waals surface area contributed by atoms with E-state index in [1.54, 1.807) is 29.2 Å². The predicted molar refractivity (Wildman–Crippen MR) is 149 cm³/mol. The Morgan fingerprint density at radius 1 is 1.00 bits per heavy atom. The molecule has 3 aromatic rings. The lowest BCUT2D eigenvalue weighted by Gasteiger charge is -2.31. The number of carbonyl (C=O) groups excluding carboxylic acids is 2. The number of aryl methyl sites for hydroxylation is 1. The number of nitrogens with one attached hydrogen (secondary N) is 1. The zero-order valence-electron chi connectivity index (χ0n) is 20.3. The van der Waals surface area contributed by atoms with E-state index < -0.39 is 6.04 Å². The quantitative estimate of drug-likeness (QED) is 0.273. The summed E-state index contributed by atoms with van der Waals surface area (Å²) in [6, 6.07) is 19.6. The van der Waals surface area contributed by atoms with Crippen molar-refractivity contribution in [2.75, 3.05) is 13.2 Å². The third kappa shape index (κ3) is 7.99. The molecule has 2 amide bonds. The standard InChI is InChI=1S/C28H29BrCl2N2O3/c1-3-13-32-28(35)26(16-20-7-5-4-6-8-20)33(17-21-9-12-24(30)25(31)15-21)27(34)18-36-22-10-11-23(29)19(2)14-22/h4-12,14-15,26H,3,13,16-18H2,1-2H3,(H,32,35)/t26-/m0/s1. The van der Waals surface area contributed by atoms with Crippen LogP contribution in [0.5, 0.6) is 5.75 Å². The summed E-state index contributed by atoms with van der Waals surface area (Å²) in [5, 5.41) is 3.77. The average Bonchev–Trinajstić information content (AvgIpc) is 2.87. The summed E-state index contributed by atoms with van der Waals surface area (Å²) in [5.74, 6) is 0.0522. The first-order valence-electron chi connectivity index (χ1n) is 11.7. The molecule has 0 bridgehead atoms. The Balaban J connectivity index is 1.91. The van der Waals surface area contributed by atoms with E-state index in [2.05, 4.69) is 21.2 Å². The van der Waals surface area contributed by atoms with Crippen LogP contribution >= 0.6 is 39.1 Å². The summed E-state index contributed by atoms with van der Waals surface area (Å²) in [6.07, 6.45) is 1.15. The van der Waals surface area contributed by atoms with Crippen LogP contribution in [-0.4, -0.2) is 35.9 Å². The Bertz CT molecular complexity index is 1190. The highest BCUT2D eigenvalue weighted by molar-refractivity contribution is 9.10. The van der Waals surface area contributed by atoms with Gasteiger partial charge in [-0.25, -0.2) is 0 Å². The van der Waals surface area contributed by atoms with Crippen LogP contribution in [0.1, 0.15) is 30.0 Å². The van der Waals surface area contributed by atoms with Crippen molar-refractivity contribution in [2.24, 2.45) is 0 Å². The highest BCUT2D eigenvalue weighted by atomic mass is 79.9. The molecule has 0 aliphatic carbocycles. The van der Waals surface area contributed by atoms with Gasteiger partial charge in [0, 0.05) is 24.0 Å². The van der Waals surface area contributed by atoms with Gasteiger partial charge in [0.15, 0.2) is 6.61 Å². The lowest BCUT2D eigenvalue weighted by molar-refractivity contribution is -0.142. The molecule has 190 valence electrons. The van der Waals surface area contributed by atoms with Crippen LogP contribution in [0.15, 0.2) is 71.2 Å². The Hall–Kier alpha value is -2.54. The number of halogens is 3. The van der Waals surface area contributed by atoms with Gasteiger partial charge in [-0.15, -0.1) is 0 Å². The lowest BCUT2D eigenvalue weighted by atomic mass is 10.0. The van der Waals surface area contributed by atoms with Gasteiger partial charge in [-0.1, -0.05) is 82.5 Å². The predicted octanol–water partition coefficient (Wildman–Crippen LogP) is 6.61. The molecular weight excluding hydrogens is 563 g/mol. The molecule has 1 atom stereocenters. The lowest BCUT2D eigenvalue weighted by Crippen LogP contribution is -2.51. The van der Waals surface area contributed by atoms with Gasteiger partial charge in [-0.05, 0) is 60.4 Å². The number of hydrogen-bond acceptors (Lipinski definition) is 3. The van der Waals surface area contributed by atoms with E-state index >= 15 is 0 Å². The molecule has 3 rings (SSSR count). The Morgan fingerprint density at radius 3 is 2.42 bits per heavy atom. The highest BCUT2D eigenvalue weighted by Gasteiger charge is 2.30. The Kier molecular flexibility index (Phi) is 10.7. The summed E-state index contributed by atoms with van der Waals surface area (Å²) in [4.78, 5) is 28.5. The fourth-order valence-electron chi connectivity index (χ4n) is 3.69. The molecule has 0 saturated carbocycles. The number of rotatable bonds is 11. The maximum absolute atomic E-state index is 13.6. The smallest absolute Gasteiger partial charge is 0.261 e. The van der Waals surface area contributed by atoms with Crippen molar-refractivity contribution in [1.82, 2.24) is 10.2 Å². The van der Waals surface area contributed by atoms with E-state index in [4.69, 9.17) is 27.9 Å². The van der Waals surface area contributed by atoms with Crippen LogP contribution in [0.2, 0.25) is 10.0 Å². The van der Waals surface area contributed by atoms with Crippen LogP contribution < -0.4 is 10.1 Å². The van der Waals surface area contributed by atoms with Crippen molar-refractivity contribution in [3.63, 3.8) is 0 Å². The van der Waals surface area contributed by atoms with Crippen molar-refractivity contribution in [3.8, 4) is 5.75 Å². The van der Waals surface area contributed by atoms with Gasteiger partial charge in [0.1, 0.15) is 11.8 Å². The van der Waals surface area contributed by atoms with Gasteiger partial charge < -0.3 is 15.0 Å². The zero-order valence-corrected chi connectivity index (χ0v) is 23.4. The summed E-state index contributed by atoms with van der Waals surface area (Å²) in [5.41, 5.74) is 2.71. The van der Waals surface area contributed by atoms with Gasteiger partial charge >= 0.3 is 0 Å². The number of amides is 2. The topological polar surface area (TPSA) is 58.6 Å². The van der Waals surface area contributed by atoms with Crippen molar-refractivity contribution in [3.05, 3.63) is 97.9 Å². The van der Waals surface area contributed by atoms with E-state index in [-0.39, 0.29) is 25.0 Å². The van der Waals surface area contributed by atoms with Crippen molar-refractivity contribution < 1.29 is 14.3 Å². The Morgan fingerprint density at radius 2 is 1.75 bits per heavy atom. The van der Waals surface area contributed by atoms with Crippen molar-refractivity contribution in [1.29, 1.82) is 0 Å². The third-order valence-electron chi connectivity index (χ3n) is 5.65. The highest BCUT2D eigenvalue weighted by Crippen LogP contribution is 2.25. The number of ether oxygens (including phenoxy) is 1. The van der Waals surface area contributed by atoms with E-state index in [0.29, 0.717) is 28.8 Å². The second-order valence-electron chi connectivity index (χ2n) is 8.47. The van der Waals surface area contributed by atoms with E-state index in [9.17, 15) is 9.59 Å². The third-order valence-corrected chi connectivity index (χ3v) is 7.28. The molecule has 0 unspecified atom stereocenters. The summed E-state index contributed by atoms with van der Waals surface area (Å²) >= 11 is 15.8. The fraction of sp³-hybridized carbons (Fsp3) is 0.286. The molecule has 0 spiro atoms. The molecule has 36 heavy (non-hydrogen) atoms. The molecule has 8 heteroatoms.